The molecule has 2 aliphatic rings. The van der Waals surface area contributed by atoms with Gasteiger partial charge in [0, 0.05) is 19.6 Å². The van der Waals surface area contributed by atoms with E-state index in [0.717, 1.165) is 38.8 Å². The summed E-state index contributed by atoms with van der Waals surface area (Å²) in [5.74, 6) is 0.645. The van der Waals surface area contributed by atoms with Gasteiger partial charge < -0.3 is 20.0 Å². The number of carbonyl (C=O) groups excluding carboxylic acids is 2. The molecule has 0 saturated carbocycles. The third-order valence-electron chi connectivity index (χ3n) is 4.56. The molecule has 0 spiro atoms. The van der Waals surface area contributed by atoms with Crippen LogP contribution in [0, 0.1) is 5.92 Å². The zero-order valence-corrected chi connectivity index (χ0v) is 15.8. The quantitative estimate of drug-likeness (QED) is 0.783. The summed E-state index contributed by atoms with van der Waals surface area (Å²) >= 11 is 3.33. The second-order valence-corrected chi connectivity index (χ2v) is 7.11. The predicted octanol–water partition coefficient (Wildman–Crippen LogP) is 2.18. The van der Waals surface area contributed by atoms with Crippen LogP contribution in [0.1, 0.15) is 36.2 Å². The highest BCUT2D eigenvalue weighted by Gasteiger charge is 2.28. The molecular formula is C16H23BrClN3O3. The Labute approximate surface area is 156 Å². The number of furan rings is 1. The van der Waals surface area contributed by atoms with Gasteiger partial charge in [-0.05, 0) is 60.1 Å². The molecule has 1 aromatic rings. The van der Waals surface area contributed by atoms with Gasteiger partial charge >= 0.3 is 0 Å². The Morgan fingerprint density at radius 1 is 1.38 bits per heavy atom. The average Bonchev–Trinajstić information content (AvgIpc) is 3.23. The van der Waals surface area contributed by atoms with Crippen LogP contribution in [0.3, 0.4) is 0 Å². The zero-order valence-electron chi connectivity index (χ0n) is 13.4. The van der Waals surface area contributed by atoms with E-state index in [4.69, 9.17) is 4.42 Å². The van der Waals surface area contributed by atoms with E-state index in [0.29, 0.717) is 29.2 Å². The van der Waals surface area contributed by atoms with E-state index in [1.54, 1.807) is 6.07 Å². The van der Waals surface area contributed by atoms with Crippen molar-refractivity contribution in [3.05, 3.63) is 22.6 Å². The summed E-state index contributed by atoms with van der Waals surface area (Å²) in [6, 6.07) is 1.68. The Morgan fingerprint density at radius 2 is 2.21 bits per heavy atom. The van der Waals surface area contributed by atoms with Gasteiger partial charge in [0.2, 0.25) is 11.7 Å². The Morgan fingerprint density at radius 3 is 2.88 bits per heavy atom. The first-order valence-corrected chi connectivity index (χ1v) is 8.98. The molecule has 0 radical (unpaired) electrons. The van der Waals surface area contributed by atoms with Crippen LogP contribution >= 0.6 is 28.3 Å². The van der Waals surface area contributed by atoms with Crippen LogP contribution in [-0.4, -0.2) is 48.9 Å². The minimum absolute atomic E-state index is 0. The molecule has 2 N–H and O–H groups in total. The second kappa shape index (κ2) is 8.87. The van der Waals surface area contributed by atoms with E-state index >= 15 is 0 Å². The van der Waals surface area contributed by atoms with E-state index in [1.807, 2.05) is 4.90 Å². The largest absolute Gasteiger partial charge is 0.458 e. The van der Waals surface area contributed by atoms with Crippen molar-refractivity contribution in [3.63, 3.8) is 0 Å². The van der Waals surface area contributed by atoms with Gasteiger partial charge in [-0.25, -0.2) is 0 Å². The molecule has 2 fully saturated rings. The third-order valence-corrected chi connectivity index (χ3v) is 5.18. The van der Waals surface area contributed by atoms with Crippen molar-refractivity contribution >= 4 is 40.2 Å². The minimum atomic E-state index is -0.0876. The molecule has 6 nitrogen and oxygen atoms in total. The summed E-state index contributed by atoms with van der Waals surface area (Å²) < 4.78 is 5.95. The standard InChI is InChI=1S/C16H22BrN3O3.ClH/c17-12-5-8-23-14(12)16(22)20-7-2-3-11(10-20)9-19-15(21)13-4-1-6-18-13;/h5,8,11,13,18H,1-4,6-7,9-10H2,(H,19,21);1H. The number of hydrogen-bond acceptors (Lipinski definition) is 4. The third kappa shape index (κ3) is 4.52. The lowest BCUT2D eigenvalue weighted by molar-refractivity contribution is -0.123. The van der Waals surface area contributed by atoms with Crippen molar-refractivity contribution in [2.45, 2.75) is 31.7 Å². The fourth-order valence-corrected chi connectivity index (χ4v) is 3.65. The van der Waals surface area contributed by atoms with Crippen LogP contribution in [0.2, 0.25) is 0 Å². The van der Waals surface area contributed by atoms with Crippen molar-refractivity contribution in [2.24, 2.45) is 5.92 Å². The molecule has 2 amide bonds. The molecule has 2 aliphatic heterocycles. The zero-order chi connectivity index (χ0) is 16.2. The Kier molecular flexibility index (Phi) is 7.13. The van der Waals surface area contributed by atoms with Crippen molar-refractivity contribution in [1.82, 2.24) is 15.5 Å². The molecule has 3 rings (SSSR count). The summed E-state index contributed by atoms with van der Waals surface area (Å²) in [5.41, 5.74) is 0. The monoisotopic (exact) mass is 419 g/mol. The average molecular weight is 421 g/mol. The molecule has 24 heavy (non-hydrogen) atoms. The lowest BCUT2D eigenvalue weighted by atomic mass is 9.97. The molecule has 0 bridgehead atoms. The van der Waals surface area contributed by atoms with Crippen molar-refractivity contribution in [2.75, 3.05) is 26.2 Å². The van der Waals surface area contributed by atoms with E-state index in [-0.39, 0.29) is 30.3 Å². The van der Waals surface area contributed by atoms with Crippen LogP contribution < -0.4 is 10.6 Å². The number of rotatable bonds is 4. The number of nitrogens with zero attached hydrogens (tertiary/aromatic N) is 1. The molecule has 0 aliphatic carbocycles. The molecule has 8 heteroatoms. The first-order chi connectivity index (χ1) is 11.1. The van der Waals surface area contributed by atoms with Crippen LogP contribution in [0.5, 0.6) is 0 Å². The summed E-state index contributed by atoms with van der Waals surface area (Å²) in [7, 11) is 0. The highest BCUT2D eigenvalue weighted by atomic mass is 79.9. The van der Waals surface area contributed by atoms with Gasteiger partial charge in [-0.2, -0.15) is 0 Å². The van der Waals surface area contributed by atoms with Gasteiger partial charge in [-0.1, -0.05) is 0 Å². The summed E-state index contributed by atoms with van der Waals surface area (Å²) in [6.45, 7) is 2.94. The van der Waals surface area contributed by atoms with Gasteiger partial charge in [0.25, 0.3) is 5.91 Å². The normalized spacial score (nSPS) is 23.6. The predicted molar refractivity (Wildman–Crippen MR) is 96.3 cm³/mol. The van der Waals surface area contributed by atoms with Crippen LogP contribution in [0.4, 0.5) is 0 Å². The Balaban J connectivity index is 0.00000208. The van der Waals surface area contributed by atoms with E-state index < -0.39 is 0 Å². The number of carbonyl (C=O) groups is 2. The van der Waals surface area contributed by atoms with E-state index in [1.165, 1.54) is 6.26 Å². The van der Waals surface area contributed by atoms with Crippen LogP contribution in [-0.2, 0) is 4.79 Å². The molecule has 0 aromatic carbocycles. The summed E-state index contributed by atoms with van der Waals surface area (Å²) in [5, 5.41) is 6.23. The number of hydrogen-bond donors (Lipinski definition) is 2. The molecule has 2 saturated heterocycles. The Hall–Kier alpha value is -1.05. The molecule has 3 heterocycles. The number of piperidine rings is 1. The lowest BCUT2D eigenvalue weighted by Gasteiger charge is -2.32. The van der Waals surface area contributed by atoms with Gasteiger partial charge in [0.1, 0.15) is 0 Å². The fraction of sp³-hybridized carbons (Fsp3) is 0.625. The summed E-state index contributed by atoms with van der Waals surface area (Å²) in [4.78, 5) is 26.4. The Bertz CT molecular complexity index is 575. The highest BCUT2D eigenvalue weighted by molar-refractivity contribution is 9.10. The topological polar surface area (TPSA) is 74.6 Å². The number of halogens is 2. The van der Waals surface area contributed by atoms with E-state index in [2.05, 4.69) is 26.6 Å². The van der Waals surface area contributed by atoms with Crippen LogP contribution in [0.25, 0.3) is 0 Å². The molecule has 134 valence electrons. The fourth-order valence-electron chi connectivity index (χ4n) is 3.28. The van der Waals surface area contributed by atoms with E-state index in [9.17, 15) is 9.59 Å². The maximum absolute atomic E-state index is 12.5. The van der Waals surface area contributed by atoms with Gasteiger partial charge in [0.15, 0.2) is 0 Å². The smallest absolute Gasteiger partial charge is 0.290 e. The molecule has 2 atom stereocenters. The minimum Gasteiger partial charge on any atom is -0.458 e. The number of amides is 2. The van der Waals surface area contributed by atoms with Crippen molar-refractivity contribution in [1.29, 1.82) is 0 Å². The molecular weight excluding hydrogens is 398 g/mol. The van der Waals surface area contributed by atoms with Crippen molar-refractivity contribution < 1.29 is 14.0 Å². The summed E-state index contributed by atoms with van der Waals surface area (Å²) in [6.07, 6.45) is 5.46. The van der Waals surface area contributed by atoms with Gasteiger partial charge in [-0.3, -0.25) is 9.59 Å². The molecule has 1 aromatic heterocycles. The maximum atomic E-state index is 12.5. The van der Waals surface area contributed by atoms with Gasteiger partial charge in [0.05, 0.1) is 16.8 Å². The number of likely N-dealkylation sites (tertiary alicyclic amines) is 1. The first kappa shape index (κ1) is 19.3. The highest BCUT2D eigenvalue weighted by Crippen LogP contribution is 2.23. The van der Waals surface area contributed by atoms with Gasteiger partial charge in [-0.15, -0.1) is 12.4 Å². The van der Waals surface area contributed by atoms with Crippen molar-refractivity contribution in [3.8, 4) is 0 Å². The SMILES string of the molecule is Cl.O=C(NCC1CCCN(C(=O)c2occc2Br)C1)C1CCCN1. The first-order valence-electron chi connectivity index (χ1n) is 8.18. The van der Waals surface area contributed by atoms with Crippen LogP contribution in [0.15, 0.2) is 21.2 Å². The maximum Gasteiger partial charge on any atom is 0.290 e. The second-order valence-electron chi connectivity index (χ2n) is 6.25. The lowest BCUT2D eigenvalue weighted by Crippen LogP contribution is -2.46. The molecule has 2 unspecified atom stereocenters. The number of nitrogens with one attached hydrogen (secondary N) is 2.